The molecule has 2 aliphatic rings. The van der Waals surface area contributed by atoms with Gasteiger partial charge in [0.05, 0.1) is 35.7 Å². The third-order valence-electron chi connectivity index (χ3n) is 10.5. The number of anilines is 2. The molecule has 2 aromatic carbocycles. The first-order valence-corrected chi connectivity index (χ1v) is 20.4. The van der Waals surface area contributed by atoms with Crippen molar-refractivity contribution in [2.45, 2.75) is 75.3 Å². The minimum absolute atomic E-state index is 0.0794. The molecule has 16 nitrogen and oxygen atoms in total. The van der Waals surface area contributed by atoms with Crippen LogP contribution in [0.25, 0.3) is 22.1 Å². The van der Waals surface area contributed by atoms with E-state index in [0.29, 0.717) is 60.1 Å². The average Bonchev–Trinajstić information content (AvgIpc) is 3.79. The Morgan fingerprint density at radius 2 is 1.68 bits per heavy atom. The zero-order chi connectivity index (χ0) is 39.4. The maximum Gasteiger partial charge on any atom is 0.329 e. The number of amides is 2. The van der Waals surface area contributed by atoms with Crippen LogP contribution in [0.3, 0.4) is 0 Å². The quantitative estimate of drug-likeness (QED) is 0.0978. The normalized spacial score (nSPS) is 16.6. The monoisotopic (exact) mass is 786 g/mol. The molecule has 1 saturated carbocycles. The van der Waals surface area contributed by atoms with Crippen LogP contribution in [0.2, 0.25) is 0 Å². The van der Waals surface area contributed by atoms with Gasteiger partial charge in [-0.1, -0.05) is 18.9 Å². The molecule has 0 radical (unpaired) electrons. The number of nitrogens with zero attached hydrogens (tertiary/aromatic N) is 5. The molecular formula is C39H46N8O8S. The van der Waals surface area contributed by atoms with E-state index in [-0.39, 0.29) is 54.1 Å². The van der Waals surface area contributed by atoms with Gasteiger partial charge in [-0.2, -0.15) is 4.98 Å². The molecular weight excluding hydrogens is 741 g/mol. The Hall–Kier alpha value is -5.23. The van der Waals surface area contributed by atoms with Gasteiger partial charge in [0.2, 0.25) is 27.8 Å². The number of imidazole rings is 1. The maximum absolute atomic E-state index is 13.0. The van der Waals surface area contributed by atoms with E-state index < -0.39 is 22.0 Å². The number of aromatic nitrogens is 5. The second kappa shape index (κ2) is 16.9. The Morgan fingerprint density at radius 3 is 2.45 bits per heavy atom. The molecule has 1 aliphatic carbocycles. The topological polar surface area (TPSA) is 198 Å². The van der Waals surface area contributed by atoms with E-state index in [1.165, 1.54) is 15.2 Å². The number of piperidine rings is 1. The van der Waals surface area contributed by atoms with E-state index in [2.05, 4.69) is 25.3 Å². The molecule has 0 bridgehead atoms. The van der Waals surface area contributed by atoms with Crippen LogP contribution in [-0.2, 0) is 42.6 Å². The van der Waals surface area contributed by atoms with Gasteiger partial charge in [-0.15, -0.1) is 0 Å². The molecule has 0 spiro atoms. The molecule has 296 valence electrons. The number of pyridine rings is 1. The van der Waals surface area contributed by atoms with Gasteiger partial charge in [0, 0.05) is 56.0 Å². The second-order valence-electron chi connectivity index (χ2n) is 14.3. The zero-order valence-electron chi connectivity index (χ0n) is 31.5. The number of hydrogen-bond donors (Lipinski definition) is 3. The molecule has 2 amide bonds. The first-order valence-electron chi connectivity index (χ1n) is 18.9. The van der Waals surface area contributed by atoms with Crippen molar-refractivity contribution >= 4 is 55.5 Å². The lowest BCUT2D eigenvalue weighted by Crippen LogP contribution is -2.44. The third-order valence-corrected chi connectivity index (χ3v) is 11.9. The summed E-state index contributed by atoms with van der Waals surface area (Å²) in [5, 5.41) is 6.28. The third kappa shape index (κ3) is 8.45. The number of rotatable bonds is 16. The van der Waals surface area contributed by atoms with E-state index in [4.69, 9.17) is 9.47 Å². The van der Waals surface area contributed by atoms with Crippen molar-refractivity contribution < 1.29 is 27.5 Å². The lowest BCUT2D eigenvalue weighted by Gasteiger charge is -2.21. The highest BCUT2D eigenvalue weighted by Gasteiger charge is 2.31. The Bertz CT molecular complexity index is 2500. The second-order valence-corrected chi connectivity index (χ2v) is 16.0. The van der Waals surface area contributed by atoms with Crippen molar-refractivity contribution in [3.63, 3.8) is 0 Å². The minimum Gasteiger partial charge on any atom is -0.379 e. The standard InChI is InChI=1S/C39H46N8O8S/c1-25-22-29(11-12-30(25)42-38-40-24-27-10-16-35(49)46(36(27)44-38)28-7-3-4-8-28)56(52,53)41-17-19-55-21-20-54-18-5-6-26-9-13-31-33(23-26)45(2)39(51)47(31)32-14-15-34(48)43-37(32)50/h9-13,16,22-24,28,32,41H,3-8,14-15,17-21H2,1-2H3,(H,40,42,44)(H,43,48,50). The van der Waals surface area contributed by atoms with E-state index in [1.807, 2.05) is 18.2 Å². The van der Waals surface area contributed by atoms with Crippen LogP contribution < -0.4 is 26.6 Å². The highest BCUT2D eigenvalue weighted by atomic mass is 32.2. The van der Waals surface area contributed by atoms with Gasteiger partial charge in [-0.25, -0.2) is 22.9 Å². The number of fused-ring (bicyclic) bond motifs is 2. The Kier molecular flexibility index (Phi) is 11.8. The summed E-state index contributed by atoms with van der Waals surface area (Å²) in [4.78, 5) is 59.0. The molecule has 5 aromatic rings. The molecule has 1 unspecified atom stereocenters. The van der Waals surface area contributed by atoms with Crippen molar-refractivity contribution in [2.24, 2.45) is 7.05 Å². The Morgan fingerprint density at radius 1 is 0.893 bits per heavy atom. The molecule has 56 heavy (non-hydrogen) atoms. The van der Waals surface area contributed by atoms with Crippen molar-refractivity contribution in [3.8, 4) is 0 Å². The molecule has 3 N–H and O–H groups in total. The molecule has 1 saturated heterocycles. The van der Waals surface area contributed by atoms with E-state index in [1.54, 1.807) is 49.0 Å². The van der Waals surface area contributed by atoms with Gasteiger partial charge in [-0.05, 0) is 86.6 Å². The van der Waals surface area contributed by atoms with E-state index >= 15 is 0 Å². The number of carbonyl (C=O) groups excluding carboxylic acids is 2. The lowest BCUT2D eigenvalue weighted by molar-refractivity contribution is -0.135. The highest BCUT2D eigenvalue weighted by Crippen LogP contribution is 2.31. The summed E-state index contributed by atoms with van der Waals surface area (Å²) in [5.74, 6) is -0.470. The van der Waals surface area contributed by atoms with Crippen LogP contribution in [0.15, 0.2) is 69.2 Å². The summed E-state index contributed by atoms with van der Waals surface area (Å²) >= 11 is 0. The predicted molar refractivity (Wildman–Crippen MR) is 210 cm³/mol. The van der Waals surface area contributed by atoms with Gasteiger partial charge in [0.15, 0.2) is 0 Å². The maximum atomic E-state index is 13.0. The summed E-state index contributed by atoms with van der Waals surface area (Å²) in [5.41, 5.74) is 3.91. The van der Waals surface area contributed by atoms with E-state index in [0.717, 1.165) is 43.1 Å². The summed E-state index contributed by atoms with van der Waals surface area (Å²) in [6.07, 6.45) is 7.66. The number of carbonyl (C=O) groups is 2. The number of benzene rings is 2. The number of sulfonamides is 1. The van der Waals surface area contributed by atoms with Crippen LogP contribution in [-0.4, -0.2) is 76.9 Å². The van der Waals surface area contributed by atoms with E-state index in [9.17, 15) is 27.6 Å². The van der Waals surface area contributed by atoms with Gasteiger partial charge in [0.25, 0.3) is 5.56 Å². The molecule has 1 aliphatic heterocycles. The average molecular weight is 787 g/mol. The molecule has 1 atom stereocenters. The van der Waals surface area contributed by atoms with Crippen LogP contribution in [0.1, 0.15) is 68.2 Å². The Balaban J connectivity index is 0.828. The number of ether oxygens (including phenoxy) is 2. The van der Waals surface area contributed by atoms with Crippen molar-refractivity contribution in [1.82, 2.24) is 33.7 Å². The lowest BCUT2D eigenvalue weighted by atomic mass is 10.1. The van der Waals surface area contributed by atoms with Gasteiger partial charge in [-0.3, -0.25) is 33.4 Å². The SMILES string of the molecule is Cc1cc(S(=O)(=O)NCCOCCOCCCc2ccc3c(c2)n(C)c(=O)n3C2CCC(=O)NC2=O)ccc1Nc1ncc2ccc(=O)n(C3CCCC3)c2n1. The fourth-order valence-corrected chi connectivity index (χ4v) is 8.60. The first-order chi connectivity index (χ1) is 27.0. The molecule has 3 aromatic heterocycles. The van der Waals surface area contributed by atoms with Crippen molar-refractivity contribution in [2.75, 3.05) is 38.3 Å². The Labute approximate surface area is 323 Å². The number of aryl methyl sites for hydroxylation is 3. The fraction of sp³-hybridized carbons (Fsp3) is 0.436. The number of imide groups is 1. The van der Waals surface area contributed by atoms with Crippen LogP contribution in [0.4, 0.5) is 11.6 Å². The molecule has 17 heteroatoms. The number of hydrogen-bond acceptors (Lipinski definition) is 11. The van der Waals surface area contributed by atoms with Crippen LogP contribution in [0.5, 0.6) is 0 Å². The summed E-state index contributed by atoms with van der Waals surface area (Å²) in [6, 6.07) is 13.2. The van der Waals surface area contributed by atoms with Crippen LogP contribution >= 0.6 is 0 Å². The predicted octanol–water partition coefficient (Wildman–Crippen LogP) is 3.53. The van der Waals surface area contributed by atoms with Gasteiger partial charge in [0.1, 0.15) is 11.7 Å². The largest absolute Gasteiger partial charge is 0.379 e. The van der Waals surface area contributed by atoms with Crippen molar-refractivity contribution in [3.05, 3.63) is 86.7 Å². The highest BCUT2D eigenvalue weighted by molar-refractivity contribution is 7.89. The first kappa shape index (κ1) is 39.0. The molecule has 7 rings (SSSR count). The van der Waals surface area contributed by atoms with Gasteiger partial charge >= 0.3 is 5.69 Å². The summed E-state index contributed by atoms with van der Waals surface area (Å²) < 4.78 is 44.6. The van der Waals surface area contributed by atoms with Crippen molar-refractivity contribution in [1.29, 1.82) is 0 Å². The summed E-state index contributed by atoms with van der Waals surface area (Å²) in [6.45, 7) is 3.20. The number of nitrogens with one attached hydrogen (secondary N) is 3. The van der Waals surface area contributed by atoms with Crippen LogP contribution in [0, 0.1) is 6.92 Å². The zero-order valence-corrected chi connectivity index (χ0v) is 32.3. The smallest absolute Gasteiger partial charge is 0.329 e. The fourth-order valence-electron chi connectivity index (χ4n) is 7.50. The molecule has 2 fully saturated rings. The summed E-state index contributed by atoms with van der Waals surface area (Å²) in [7, 11) is -2.12. The minimum atomic E-state index is -3.79. The van der Waals surface area contributed by atoms with Gasteiger partial charge < -0.3 is 14.8 Å². The molecule has 4 heterocycles.